The standard InChI is InChI=1S/C29H36N6O3/c1-22-9-11-24(12-10-22)26(23-7-5-4-6-8-23)38-20-19-34-15-13-33(14-16-34)17-18-35-21-30-27-25(35)28(36)32(3)29(37)31(27)2/h4-12,21,26H,13-20H2,1-3H3. The van der Waals surface area contributed by atoms with Crippen LogP contribution in [0.4, 0.5) is 0 Å². The van der Waals surface area contributed by atoms with E-state index in [9.17, 15) is 9.59 Å². The van der Waals surface area contributed by atoms with Crippen LogP contribution in [0.15, 0.2) is 70.5 Å². The first-order valence-corrected chi connectivity index (χ1v) is 13.2. The van der Waals surface area contributed by atoms with Crippen LogP contribution in [0.3, 0.4) is 0 Å². The summed E-state index contributed by atoms with van der Waals surface area (Å²) in [7, 11) is 3.15. The molecular weight excluding hydrogens is 480 g/mol. The Bertz CT molecular complexity index is 1480. The highest BCUT2D eigenvalue weighted by molar-refractivity contribution is 5.69. The van der Waals surface area contributed by atoms with Crippen molar-refractivity contribution in [1.29, 1.82) is 0 Å². The number of rotatable bonds is 9. The molecule has 0 aliphatic carbocycles. The van der Waals surface area contributed by atoms with Gasteiger partial charge in [-0.05, 0) is 18.1 Å². The largest absolute Gasteiger partial charge is 0.367 e. The van der Waals surface area contributed by atoms with Crippen molar-refractivity contribution in [1.82, 2.24) is 28.5 Å². The van der Waals surface area contributed by atoms with Crippen LogP contribution in [-0.4, -0.2) is 74.4 Å². The molecule has 200 valence electrons. The summed E-state index contributed by atoms with van der Waals surface area (Å²) in [4.78, 5) is 34.0. The number of hydrogen-bond donors (Lipinski definition) is 0. The number of imidazole rings is 1. The maximum Gasteiger partial charge on any atom is 0.332 e. The molecule has 1 aliphatic rings. The second kappa shape index (κ2) is 11.5. The van der Waals surface area contributed by atoms with Gasteiger partial charge in [-0.2, -0.15) is 0 Å². The SMILES string of the molecule is Cc1ccc(C(OCCN2CCN(CCn3cnc4c3c(=O)n(C)c(=O)n4C)CC2)c2ccccc2)cc1. The van der Waals surface area contributed by atoms with E-state index >= 15 is 0 Å². The lowest BCUT2D eigenvalue weighted by Gasteiger charge is -2.35. The van der Waals surface area contributed by atoms with Crippen molar-refractivity contribution in [3.05, 3.63) is 98.5 Å². The molecule has 1 aliphatic heterocycles. The summed E-state index contributed by atoms with van der Waals surface area (Å²) in [5, 5.41) is 0. The summed E-state index contributed by atoms with van der Waals surface area (Å²) in [6, 6.07) is 19.0. The molecule has 1 atom stereocenters. The van der Waals surface area contributed by atoms with Gasteiger partial charge in [0.1, 0.15) is 6.10 Å². The van der Waals surface area contributed by atoms with Crippen LogP contribution in [0, 0.1) is 6.92 Å². The molecule has 2 aromatic carbocycles. The quantitative estimate of drug-likeness (QED) is 0.339. The lowest BCUT2D eigenvalue weighted by atomic mass is 10.0. The highest BCUT2D eigenvalue weighted by Gasteiger charge is 2.20. The molecule has 5 rings (SSSR count). The third-order valence-electron chi connectivity index (χ3n) is 7.51. The second-order valence-corrected chi connectivity index (χ2v) is 10.1. The Labute approximate surface area is 222 Å². The van der Waals surface area contributed by atoms with E-state index in [2.05, 4.69) is 70.2 Å². The van der Waals surface area contributed by atoms with Crippen molar-refractivity contribution in [3.8, 4) is 0 Å². The minimum atomic E-state index is -0.359. The van der Waals surface area contributed by atoms with Gasteiger partial charge in [0.15, 0.2) is 11.2 Å². The molecule has 0 amide bonds. The van der Waals surface area contributed by atoms with Gasteiger partial charge in [-0.25, -0.2) is 9.78 Å². The van der Waals surface area contributed by atoms with Crippen molar-refractivity contribution >= 4 is 11.2 Å². The molecule has 9 nitrogen and oxygen atoms in total. The number of aryl methyl sites for hydroxylation is 2. The fraction of sp³-hybridized carbons (Fsp3) is 0.414. The first-order valence-electron chi connectivity index (χ1n) is 13.2. The van der Waals surface area contributed by atoms with Crippen molar-refractivity contribution in [2.24, 2.45) is 14.1 Å². The zero-order valence-corrected chi connectivity index (χ0v) is 22.4. The van der Waals surface area contributed by atoms with Gasteiger partial charge < -0.3 is 9.30 Å². The van der Waals surface area contributed by atoms with Crippen molar-refractivity contribution in [3.63, 3.8) is 0 Å². The van der Waals surface area contributed by atoms with Crippen LogP contribution >= 0.6 is 0 Å². The van der Waals surface area contributed by atoms with E-state index in [0.29, 0.717) is 24.3 Å². The molecule has 3 heterocycles. The molecular formula is C29H36N6O3. The van der Waals surface area contributed by atoms with E-state index in [1.807, 2.05) is 10.6 Å². The maximum atomic E-state index is 12.7. The van der Waals surface area contributed by atoms with Gasteiger partial charge in [-0.15, -0.1) is 0 Å². The van der Waals surface area contributed by atoms with E-state index in [-0.39, 0.29) is 17.4 Å². The van der Waals surface area contributed by atoms with Gasteiger partial charge in [-0.3, -0.25) is 23.7 Å². The summed E-state index contributed by atoms with van der Waals surface area (Å²) in [5.41, 5.74) is 3.84. The summed E-state index contributed by atoms with van der Waals surface area (Å²) in [5.74, 6) is 0. The predicted octanol–water partition coefficient (Wildman–Crippen LogP) is 2.17. The Morgan fingerprint density at radius 2 is 1.45 bits per heavy atom. The molecule has 1 fully saturated rings. The Morgan fingerprint density at radius 3 is 2.13 bits per heavy atom. The molecule has 0 saturated carbocycles. The molecule has 1 unspecified atom stereocenters. The van der Waals surface area contributed by atoms with Gasteiger partial charge in [0.05, 0.1) is 12.9 Å². The summed E-state index contributed by atoms with van der Waals surface area (Å²) in [6.45, 7) is 9.01. The average molecular weight is 517 g/mol. The number of piperazine rings is 1. The minimum Gasteiger partial charge on any atom is -0.367 e. The van der Waals surface area contributed by atoms with E-state index in [4.69, 9.17) is 4.74 Å². The van der Waals surface area contributed by atoms with Gasteiger partial charge >= 0.3 is 5.69 Å². The summed E-state index contributed by atoms with van der Waals surface area (Å²) >= 11 is 0. The maximum absolute atomic E-state index is 12.7. The zero-order valence-electron chi connectivity index (χ0n) is 22.4. The predicted molar refractivity (Wildman–Crippen MR) is 149 cm³/mol. The average Bonchev–Trinajstić information content (AvgIpc) is 3.38. The molecule has 1 saturated heterocycles. The molecule has 0 spiro atoms. The summed E-state index contributed by atoms with van der Waals surface area (Å²) < 4.78 is 10.9. The van der Waals surface area contributed by atoms with E-state index in [1.165, 1.54) is 28.3 Å². The van der Waals surface area contributed by atoms with Crippen molar-refractivity contribution < 1.29 is 4.74 Å². The van der Waals surface area contributed by atoms with Gasteiger partial charge in [0.25, 0.3) is 5.56 Å². The number of nitrogens with zero attached hydrogens (tertiary/aromatic N) is 6. The molecule has 4 aromatic rings. The van der Waals surface area contributed by atoms with Crippen LogP contribution in [0.2, 0.25) is 0 Å². The number of benzene rings is 2. The topological polar surface area (TPSA) is 77.5 Å². The number of hydrogen-bond acceptors (Lipinski definition) is 6. The Morgan fingerprint density at radius 1 is 0.816 bits per heavy atom. The lowest BCUT2D eigenvalue weighted by Crippen LogP contribution is -2.48. The second-order valence-electron chi connectivity index (χ2n) is 10.1. The lowest BCUT2D eigenvalue weighted by molar-refractivity contribution is 0.0449. The van der Waals surface area contributed by atoms with Crippen LogP contribution < -0.4 is 11.2 Å². The molecule has 0 N–H and O–H groups in total. The van der Waals surface area contributed by atoms with Crippen LogP contribution in [0.25, 0.3) is 11.2 Å². The fourth-order valence-electron chi connectivity index (χ4n) is 5.11. The Balaban J connectivity index is 1.13. The first kappa shape index (κ1) is 26.1. The third kappa shape index (κ3) is 5.50. The van der Waals surface area contributed by atoms with Crippen LogP contribution in [-0.2, 0) is 25.4 Å². The van der Waals surface area contributed by atoms with Crippen molar-refractivity contribution in [2.75, 3.05) is 45.9 Å². The van der Waals surface area contributed by atoms with E-state index < -0.39 is 0 Å². The van der Waals surface area contributed by atoms with Gasteiger partial charge in [0, 0.05) is 59.9 Å². The highest BCUT2D eigenvalue weighted by Crippen LogP contribution is 2.26. The third-order valence-corrected chi connectivity index (χ3v) is 7.51. The van der Waals surface area contributed by atoms with Gasteiger partial charge in [0.2, 0.25) is 0 Å². The van der Waals surface area contributed by atoms with E-state index in [1.54, 1.807) is 13.4 Å². The van der Waals surface area contributed by atoms with Gasteiger partial charge in [-0.1, -0.05) is 60.2 Å². The van der Waals surface area contributed by atoms with E-state index in [0.717, 1.165) is 43.8 Å². The summed E-state index contributed by atoms with van der Waals surface area (Å²) in [6.07, 6.45) is 1.59. The molecule has 2 aromatic heterocycles. The molecule has 38 heavy (non-hydrogen) atoms. The van der Waals surface area contributed by atoms with Crippen LogP contribution in [0.5, 0.6) is 0 Å². The van der Waals surface area contributed by atoms with Crippen LogP contribution in [0.1, 0.15) is 22.8 Å². The normalized spacial score (nSPS) is 15.8. The van der Waals surface area contributed by atoms with Crippen molar-refractivity contribution in [2.45, 2.75) is 19.6 Å². The Kier molecular flexibility index (Phi) is 7.87. The minimum absolute atomic E-state index is 0.0738. The molecule has 0 bridgehead atoms. The molecule has 0 radical (unpaired) electrons. The number of aromatic nitrogens is 4. The Hall–Kier alpha value is -3.53. The number of fused-ring (bicyclic) bond motifs is 1. The highest BCUT2D eigenvalue weighted by atomic mass is 16.5. The monoisotopic (exact) mass is 516 g/mol. The fourth-order valence-corrected chi connectivity index (χ4v) is 5.11. The molecule has 9 heteroatoms. The first-order chi connectivity index (χ1) is 18.4. The number of ether oxygens (including phenoxy) is 1. The zero-order chi connectivity index (χ0) is 26.6. The smallest absolute Gasteiger partial charge is 0.332 e.